The molecule has 1 saturated heterocycles. The summed E-state index contributed by atoms with van der Waals surface area (Å²) in [5.41, 5.74) is 3.08. The summed E-state index contributed by atoms with van der Waals surface area (Å²) in [4.78, 5) is 23.7. The van der Waals surface area contributed by atoms with Gasteiger partial charge in [0.1, 0.15) is 5.69 Å². The fourth-order valence-electron chi connectivity index (χ4n) is 3.24. The molecule has 7 heteroatoms. The first-order valence-electron chi connectivity index (χ1n) is 9.15. The van der Waals surface area contributed by atoms with Crippen LogP contribution in [0.2, 0.25) is 0 Å². The highest BCUT2D eigenvalue weighted by atomic mass is 16.2. The van der Waals surface area contributed by atoms with Gasteiger partial charge in [-0.3, -0.25) is 9.48 Å². The highest BCUT2D eigenvalue weighted by Gasteiger charge is 2.16. The van der Waals surface area contributed by atoms with Crippen LogP contribution in [0.4, 0.5) is 5.95 Å². The Kier molecular flexibility index (Phi) is 4.82. The molecular formula is C20H22N6O. The first kappa shape index (κ1) is 17.2. The molecule has 0 saturated carbocycles. The zero-order chi connectivity index (χ0) is 18.6. The van der Waals surface area contributed by atoms with Crippen molar-refractivity contribution >= 4 is 11.9 Å². The van der Waals surface area contributed by atoms with Crippen molar-refractivity contribution < 1.29 is 4.79 Å². The Balaban J connectivity index is 1.44. The number of nitrogens with one attached hydrogen (secondary N) is 1. The lowest BCUT2D eigenvalue weighted by Crippen LogP contribution is -2.26. The van der Waals surface area contributed by atoms with E-state index in [0.29, 0.717) is 12.2 Å². The molecule has 3 heterocycles. The zero-order valence-electron chi connectivity index (χ0n) is 15.3. The number of rotatable bonds is 5. The monoisotopic (exact) mass is 362 g/mol. The van der Waals surface area contributed by atoms with Crippen LogP contribution < -0.4 is 10.2 Å². The van der Waals surface area contributed by atoms with Crippen molar-refractivity contribution in [3.05, 3.63) is 60.0 Å². The molecule has 0 radical (unpaired) electrons. The quantitative estimate of drug-likeness (QED) is 0.754. The van der Waals surface area contributed by atoms with Gasteiger partial charge in [-0.05, 0) is 25.0 Å². The van der Waals surface area contributed by atoms with Gasteiger partial charge in [0.2, 0.25) is 5.95 Å². The third-order valence-corrected chi connectivity index (χ3v) is 4.70. The summed E-state index contributed by atoms with van der Waals surface area (Å²) < 4.78 is 1.60. The predicted octanol–water partition coefficient (Wildman–Crippen LogP) is 2.41. The van der Waals surface area contributed by atoms with Crippen molar-refractivity contribution in [2.75, 3.05) is 18.0 Å². The Morgan fingerprint density at radius 1 is 1.15 bits per heavy atom. The molecule has 1 amide bonds. The van der Waals surface area contributed by atoms with Gasteiger partial charge in [-0.1, -0.05) is 30.3 Å². The Bertz CT molecular complexity index is 931. The van der Waals surface area contributed by atoms with E-state index in [1.165, 1.54) is 12.8 Å². The van der Waals surface area contributed by atoms with E-state index in [0.717, 1.165) is 36.0 Å². The number of carbonyl (C=O) groups is 1. The van der Waals surface area contributed by atoms with E-state index >= 15 is 0 Å². The average Bonchev–Trinajstić information content (AvgIpc) is 3.37. The van der Waals surface area contributed by atoms with Crippen LogP contribution >= 0.6 is 0 Å². The van der Waals surface area contributed by atoms with Crippen molar-refractivity contribution in [1.29, 1.82) is 0 Å². The standard InChI is InChI=1S/C20H22N6O/c1-25-18(13-17(24-25)15-7-3-2-4-8-15)19(27)22-14-16-9-10-21-20(23-16)26-11-5-6-12-26/h2-4,7-10,13H,5-6,11-12,14H2,1H3,(H,22,27). The molecule has 27 heavy (non-hydrogen) atoms. The second-order valence-electron chi connectivity index (χ2n) is 6.63. The Morgan fingerprint density at radius 3 is 2.70 bits per heavy atom. The van der Waals surface area contributed by atoms with E-state index in [1.807, 2.05) is 36.4 Å². The predicted molar refractivity (Wildman–Crippen MR) is 103 cm³/mol. The summed E-state index contributed by atoms with van der Waals surface area (Å²) in [6, 6.07) is 13.5. The summed E-state index contributed by atoms with van der Waals surface area (Å²) in [6.07, 6.45) is 4.10. The molecule has 0 spiro atoms. The molecule has 1 N–H and O–H groups in total. The number of nitrogens with zero attached hydrogens (tertiary/aromatic N) is 5. The molecule has 0 aliphatic carbocycles. The number of anilines is 1. The average molecular weight is 362 g/mol. The van der Waals surface area contributed by atoms with Crippen LogP contribution in [0.3, 0.4) is 0 Å². The molecule has 2 aromatic heterocycles. The van der Waals surface area contributed by atoms with Crippen LogP contribution in [0, 0.1) is 0 Å². The summed E-state index contributed by atoms with van der Waals surface area (Å²) >= 11 is 0. The molecule has 1 fully saturated rings. The van der Waals surface area contributed by atoms with Gasteiger partial charge in [-0.2, -0.15) is 5.10 Å². The van der Waals surface area contributed by atoms with E-state index in [2.05, 4.69) is 25.3 Å². The van der Waals surface area contributed by atoms with Crippen LogP contribution in [0.25, 0.3) is 11.3 Å². The van der Waals surface area contributed by atoms with Crippen molar-refractivity contribution in [2.45, 2.75) is 19.4 Å². The Labute approximate surface area is 158 Å². The third kappa shape index (κ3) is 3.81. The SMILES string of the molecule is Cn1nc(-c2ccccc2)cc1C(=O)NCc1ccnc(N2CCCC2)n1. The molecule has 1 aliphatic rings. The molecular weight excluding hydrogens is 340 g/mol. The summed E-state index contributed by atoms with van der Waals surface area (Å²) in [7, 11) is 1.78. The summed E-state index contributed by atoms with van der Waals surface area (Å²) in [5, 5.41) is 7.38. The second kappa shape index (κ2) is 7.57. The molecule has 7 nitrogen and oxygen atoms in total. The van der Waals surface area contributed by atoms with Gasteiger partial charge >= 0.3 is 0 Å². The largest absolute Gasteiger partial charge is 0.345 e. The second-order valence-corrected chi connectivity index (χ2v) is 6.63. The topological polar surface area (TPSA) is 75.9 Å². The lowest BCUT2D eigenvalue weighted by Gasteiger charge is -2.15. The molecule has 0 unspecified atom stereocenters. The normalized spacial score (nSPS) is 13.7. The fourth-order valence-corrected chi connectivity index (χ4v) is 3.24. The Morgan fingerprint density at radius 2 is 1.93 bits per heavy atom. The maximum atomic E-state index is 12.6. The van der Waals surface area contributed by atoms with Crippen molar-refractivity contribution in [1.82, 2.24) is 25.1 Å². The summed E-state index contributed by atoms with van der Waals surface area (Å²) in [6.45, 7) is 2.34. The first-order chi connectivity index (χ1) is 13.2. The summed E-state index contributed by atoms with van der Waals surface area (Å²) in [5.74, 6) is 0.569. The van der Waals surface area contributed by atoms with E-state index in [-0.39, 0.29) is 5.91 Å². The van der Waals surface area contributed by atoms with Crippen LogP contribution in [0.15, 0.2) is 48.7 Å². The molecule has 3 aromatic rings. The van der Waals surface area contributed by atoms with E-state index in [9.17, 15) is 4.79 Å². The van der Waals surface area contributed by atoms with Crippen LogP contribution in [0.1, 0.15) is 29.0 Å². The third-order valence-electron chi connectivity index (χ3n) is 4.70. The fraction of sp³-hybridized carbons (Fsp3) is 0.300. The number of hydrogen-bond acceptors (Lipinski definition) is 5. The van der Waals surface area contributed by atoms with Gasteiger partial charge in [0.05, 0.1) is 17.9 Å². The van der Waals surface area contributed by atoms with Crippen molar-refractivity contribution in [3.63, 3.8) is 0 Å². The van der Waals surface area contributed by atoms with Crippen LogP contribution in [-0.2, 0) is 13.6 Å². The van der Waals surface area contributed by atoms with Gasteiger partial charge in [-0.15, -0.1) is 0 Å². The van der Waals surface area contributed by atoms with Crippen molar-refractivity contribution in [2.24, 2.45) is 7.05 Å². The molecule has 0 bridgehead atoms. The highest BCUT2D eigenvalue weighted by molar-refractivity contribution is 5.93. The smallest absolute Gasteiger partial charge is 0.269 e. The minimum atomic E-state index is -0.173. The lowest BCUT2D eigenvalue weighted by molar-refractivity contribution is 0.0941. The Hall–Kier alpha value is -3.22. The first-order valence-corrected chi connectivity index (χ1v) is 9.15. The number of hydrogen-bond donors (Lipinski definition) is 1. The van der Waals surface area contributed by atoms with Crippen LogP contribution in [-0.4, -0.2) is 38.7 Å². The number of benzene rings is 1. The van der Waals surface area contributed by atoms with Gasteiger partial charge in [0.15, 0.2) is 0 Å². The zero-order valence-corrected chi connectivity index (χ0v) is 15.3. The molecule has 1 aliphatic heterocycles. The number of carbonyl (C=O) groups excluding carboxylic acids is 1. The van der Waals surface area contributed by atoms with E-state index in [4.69, 9.17) is 0 Å². The maximum Gasteiger partial charge on any atom is 0.269 e. The van der Waals surface area contributed by atoms with Crippen LogP contribution in [0.5, 0.6) is 0 Å². The maximum absolute atomic E-state index is 12.6. The number of amides is 1. The highest BCUT2D eigenvalue weighted by Crippen LogP contribution is 2.18. The van der Waals surface area contributed by atoms with Crippen molar-refractivity contribution in [3.8, 4) is 11.3 Å². The van der Waals surface area contributed by atoms with Gasteiger partial charge in [-0.25, -0.2) is 9.97 Å². The molecule has 0 atom stereocenters. The van der Waals surface area contributed by atoms with Gasteiger partial charge < -0.3 is 10.2 Å². The molecule has 138 valence electrons. The lowest BCUT2D eigenvalue weighted by atomic mass is 10.1. The number of aromatic nitrogens is 4. The molecule has 1 aromatic carbocycles. The van der Waals surface area contributed by atoms with E-state index < -0.39 is 0 Å². The van der Waals surface area contributed by atoms with Gasteiger partial charge in [0.25, 0.3) is 5.91 Å². The van der Waals surface area contributed by atoms with E-state index in [1.54, 1.807) is 24.0 Å². The number of aryl methyl sites for hydroxylation is 1. The minimum Gasteiger partial charge on any atom is -0.345 e. The molecule has 4 rings (SSSR count). The van der Waals surface area contributed by atoms with Gasteiger partial charge in [0, 0.05) is 31.9 Å². The minimum absolute atomic E-state index is 0.173.